The van der Waals surface area contributed by atoms with E-state index < -0.39 is 5.60 Å². The van der Waals surface area contributed by atoms with Crippen molar-refractivity contribution in [2.24, 2.45) is 0 Å². The van der Waals surface area contributed by atoms with Crippen molar-refractivity contribution in [3.8, 4) is 0 Å². The van der Waals surface area contributed by atoms with Gasteiger partial charge < -0.3 is 10.0 Å². The Balaban J connectivity index is 2.40. The van der Waals surface area contributed by atoms with Crippen molar-refractivity contribution in [2.45, 2.75) is 43.5 Å². The van der Waals surface area contributed by atoms with Crippen LogP contribution in [0.25, 0.3) is 0 Å². The fourth-order valence-electron chi connectivity index (χ4n) is 1.52. The number of rotatable bonds is 3. The predicted molar refractivity (Wildman–Crippen MR) is 59.4 cm³/mol. The van der Waals surface area contributed by atoms with E-state index in [1.165, 1.54) is 0 Å². The molecule has 0 spiro atoms. The van der Waals surface area contributed by atoms with Crippen LogP contribution in [0.15, 0.2) is 0 Å². The molecule has 1 heterocycles. The molecule has 14 heavy (non-hydrogen) atoms. The van der Waals surface area contributed by atoms with Gasteiger partial charge in [0.25, 0.3) is 0 Å². The van der Waals surface area contributed by atoms with E-state index in [2.05, 4.69) is 15.9 Å². The van der Waals surface area contributed by atoms with Crippen molar-refractivity contribution < 1.29 is 9.90 Å². The highest BCUT2D eigenvalue weighted by atomic mass is 79.9. The quantitative estimate of drug-likeness (QED) is 0.785. The first-order valence-electron chi connectivity index (χ1n) is 5.05. The Morgan fingerprint density at radius 1 is 1.64 bits per heavy atom. The Morgan fingerprint density at radius 2 is 2.29 bits per heavy atom. The number of carbonyl (C=O) groups excluding carboxylic acids is 1. The number of carbonyl (C=O) groups is 1. The minimum Gasteiger partial charge on any atom is -0.390 e. The third-order valence-corrected chi connectivity index (χ3v) is 3.31. The smallest absolute Gasteiger partial charge is 0.236 e. The fraction of sp³-hybridized carbons (Fsp3) is 0.900. The average molecular weight is 264 g/mol. The lowest BCUT2D eigenvalue weighted by molar-refractivity contribution is -0.133. The highest BCUT2D eigenvalue weighted by Gasteiger charge is 2.27. The molecule has 0 saturated carbocycles. The number of hydrogen-bond acceptors (Lipinski definition) is 2. The summed E-state index contributed by atoms with van der Waals surface area (Å²) in [7, 11) is 0. The maximum absolute atomic E-state index is 11.6. The molecule has 4 heteroatoms. The number of piperidine rings is 1. The molecular formula is C10H18BrNO2. The van der Waals surface area contributed by atoms with E-state index in [0.29, 0.717) is 13.0 Å². The van der Waals surface area contributed by atoms with Gasteiger partial charge in [-0.2, -0.15) is 0 Å². The van der Waals surface area contributed by atoms with Gasteiger partial charge in [0, 0.05) is 13.1 Å². The average Bonchev–Trinajstić information content (AvgIpc) is 2.06. The Morgan fingerprint density at radius 3 is 2.86 bits per heavy atom. The minimum absolute atomic E-state index is 0.0157. The largest absolute Gasteiger partial charge is 0.390 e. The standard InChI is InChI=1S/C10H18BrNO2/c1-10(2,14)5-7-12-6-3-4-8(11)9(12)13/h8,14H,3-7H2,1-2H3. The third-order valence-electron chi connectivity index (χ3n) is 2.46. The van der Waals surface area contributed by atoms with Gasteiger partial charge in [-0.05, 0) is 33.1 Å². The summed E-state index contributed by atoms with van der Waals surface area (Å²) in [4.78, 5) is 13.5. The van der Waals surface area contributed by atoms with E-state index in [1.807, 2.05) is 4.90 Å². The normalized spacial score (nSPS) is 24.1. The molecule has 0 bridgehead atoms. The van der Waals surface area contributed by atoms with Crippen LogP contribution in [0, 0.1) is 0 Å². The van der Waals surface area contributed by atoms with Gasteiger partial charge in [-0.15, -0.1) is 0 Å². The summed E-state index contributed by atoms with van der Waals surface area (Å²) >= 11 is 3.36. The van der Waals surface area contributed by atoms with Crippen molar-refractivity contribution in [2.75, 3.05) is 13.1 Å². The number of alkyl halides is 1. The van der Waals surface area contributed by atoms with Crippen LogP contribution in [0.4, 0.5) is 0 Å². The van der Waals surface area contributed by atoms with E-state index in [0.717, 1.165) is 19.4 Å². The Hall–Kier alpha value is -0.0900. The second-order valence-electron chi connectivity index (χ2n) is 4.50. The zero-order valence-electron chi connectivity index (χ0n) is 8.79. The van der Waals surface area contributed by atoms with E-state index in [1.54, 1.807) is 13.8 Å². The molecular weight excluding hydrogens is 246 g/mol. The topological polar surface area (TPSA) is 40.5 Å². The minimum atomic E-state index is -0.681. The van der Waals surface area contributed by atoms with Crippen LogP contribution in [-0.4, -0.2) is 39.4 Å². The van der Waals surface area contributed by atoms with Gasteiger partial charge in [0.15, 0.2) is 0 Å². The van der Waals surface area contributed by atoms with Gasteiger partial charge in [-0.25, -0.2) is 0 Å². The summed E-state index contributed by atoms with van der Waals surface area (Å²) in [5.74, 6) is 0.167. The number of hydrogen-bond donors (Lipinski definition) is 1. The number of likely N-dealkylation sites (tertiary alicyclic amines) is 1. The molecule has 1 aliphatic heterocycles. The lowest BCUT2D eigenvalue weighted by Gasteiger charge is -2.31. The molecule has 1 atom stereocenters. The first kappa shape index (κ1) is 12.0. The fourth-order valence-corrected chi connectivity index (χ4v) is 2.14. The van der Waals surface area contributed by atoms with Crippen LogP contribution >= 0.6 is 15.9 Å². The first-order valence-corrected chi connectivity index (χ1v) is 5.97. The van der Waals surface area contributed by atoms with Crippen molar-refractivity contribution in [3.63, 3.8) is 0 Å². The Bertz CT molecular complexity index is 213. The maximum atomic E-state index is 11.6. The van der Waals surface area contributed by atoms with Crippen LogP contribution < -0.4 is 0 Å². The number of aliphatic hydroxyl groups is 1. The van der Waals surface area contributed by atoms with Crippen LogP contribution in [0.3, 0.4) is 0 Å². The van der Waals surface area contributed by atoms with Gasteiger partial charge >= 0.3 is 0 Å². The summed E-state index contributed by atoms with van der Waals surface area (Å²) in [5, 5.41) is 9.55. The molecule has 0 aromatic carbocycles. The molecule has 3 nitrogen and oxygen atoms in total. The van der Waals surface area contributed by atoms with Crippen LogP contribution in [0.1, 0.15) is 33.1 Å². The molecule has 1 saturated heterocycles. The molecule has 1 rings (SSSR count). The van der Waals surface area contributed by atoms with E-state index >= 15 is 0 Å². The lowest BCUT2D eigenvalue weighted by atomic mass is 10.0. The lowest BCUT2D eigenvalue weighted by Crippen LogP contribution is -2.43. The van der Waals surface area contributed by atoms with Gasteiger partial charge in [0.1, 0.15) is 0 Å². The van der Waals surface area contributed by atoms with Crippen LogP contribution in [0.5, 0.6) is 0 Å². The molecule has 1 fully saturated rings. The van der Waals surface area contributed by atoms with Crippen molar-refractivity contribution in [1.82, 2.24) is 4.90 Å². The summed E-state index contributed by atoms with van der Waals surface area (Å²) in [6.45, 7) is 5.03. The SMILES string of the molecule is CC(C)(O)CCN1CCCC(Br)C1=O. The molecule has 82 valence electrons. The predicted octanol–water partition coefficient (Wildman–Crippen LogP) is 1.53. The zero-order chi connectivity index (χ0) is 10.8. The zero-order valence-corrected chi connectivity index (χ0v) is 10.4. The summed E-state index contributed by atoms with van der Waals surface area (Å²) < 4.78 is 0. The molecule has 1 aliphatic rings. The summed E-state index contributed by atoms with van der Waals surface area (Å²) in [6, 6.07) is 0. The molecule has 1 unspecified atom stereocenters. The maximum Gasteiger partial charge on any atom is 0.236 e. The third kappa shape index (κ3) is 3.58. The Labute approximate surface area is 93.6 Å². The number of amides is 1. The highest BCUT2D eigenvalue weighted by Crippen LogP contribution is 2.19. The number of nitrogens with zero attached hydrogens (tertiary/aromatic N) is 1. The first-order chi connectivity index (χ1) is 6.40. The van der Waals surface area contributed by atoms with Crippen LogP contribution in [0.2, 0.25) is 0 Å². The van der Waals surface area contributed by atoms with Crippen molar-refractivity contribution in [1.29, 1.82) is 0 Å². The van der Waals surface area contributed by atoms with E-state index in [-0.39, 0.29) is 10.7 Å². The summed E-state index contributed by atoms with van der Waals surface area (Å²) in [5.41, 5.74) is -0.681. The monoisotopic (exact) mass is 263 g/mol. The molecule has 0 radical (unpaired) electrons. The number of halogens is 1. The molecule has 1 amide bonds. The van der Waals surface area contributed by atoms with Crippen molar-refractivity contribution >= 4 is 21.8 Å². The molecule has 0 aromatic rings. The summed E-state index contributed by atoms with van der Waals surface area (Å²) in [6.07, 6.45) is 2.61. The van der Waals surface area contributed by atoms with Gasteiger partial charge in [-0.1, -0.05) is 15.9 Å². The molecule has 1 N–H and O–H groups in total. The van der Waals surface area contributed by atoms with Gasteiger partial charge in [0.2, 0.25) is 5.91 Å². The van der Waals surface area contributed by atoms with Gasteiger partial charge in [-0.3, -0.25) is 4.79 Å². The molecule has 0 aromatic heterocycles. The van der Waals surface area contributed by atoms with Crippen LogP contribution in [-0.2, 0) is 4.79 Å². The second kappa shape index (κ2) is 4.62. The second-order valence-corrected chi connectivity index (χ2v) is 5.60. The highest BCUT2D eigenvalue weighted by molar-refractivity contribution is 9.10. The van der Waals surface area contributed by atoms with Gasteiger partial charge in [0.05, 0.1) is 10.4 Å². The van der Waals surface area contributed by atoms with Crippen molar-refractivity contribution in [3.05, 3.63) is 0 Å². The Kier molecular flexibility index (Phi) is 3.95. The van der Waals surface area contributed by atoms with E-state index in [4.69, 9.17) is 0 Å². The molecule has 0 aliphatic carbocycles. The van der Waals surface area contributed by atoms with E-state index in [9.17, 15) is 9.90 Å².